The second-order valence-corrected chi connectivity index (χ2v) is 10.3. The molecule has 1 aliphatic heterocycles. The van der Waals surface area contributed by atoms with Crippen molar-refractivity contribution in [2.24, 2.45) is 11.8 Å². The summed E-state index contributed by atoms with van der Waals surface area (Å²) in [6, 6.07) is 6.30. The summed E-state index contributed by atoms with van der Waals surface area (Å²) in [5, 5.41) is 6.70. The molecule has 0 saturated carbocycles. The van der Waals surface area contributed by atoms with Crippen LogP contribution >= 0.6 is 0 Å². The van der Waals surface area contributed by atoms with E-state index in [1.54, 1.807) is 35.5 Å². The Kier molecular flexibility index (Phi) is 6.14. The molecule has 1 fully saturated rings. The molecule has 8 heteroatoms. The van der Waals surface area contributed by atoms with E-state index in [2.05, 4.69) is 24.3 Å². The molecule has 1 N–H and O–H groups in total. The highest BCUT2D eigenvalue weighted by Crippen LogP contribution is 2.28. The van der Waals surface area contributed by atoms with Crippen LogP contribution in [0.4, 0.5) is 5.69 Å². The Balaban J connectivity index is 1.77. The Morgan fingerprint density at radius 3 is 2.31 bits per heavy atom. The molecule has 0 bridgehead atoms. The SMILES string of the molecule is Cc1noc(C(C)C)c1C(=O)Nc1ccc(S(=O)(=O)N2C[C@@H](C)C[C@H](C)C2)cc1. The van der Waals surface area contributed by atoms with Gasteiger partial charge in [0.15, 0.2) is 5.76 Å². The highest BCUT2D eigenvalue weighted by Gasteiger charge is 2.31. The molecule has 29 heavy (non-hydrogen) atoms. The van der Waals surface area contributed by atoms with Gasteiger partial charge in [-0.25, -0.2) is 8.42 Å². The molecular formula is C21H29N3O4S. The average Bonchev–Trinajstić information content (AvgIpc) is 3.03. The topological polar surface area (TPSA) is 92.5 Å². The molecule has 1 aromatic carbocycles. The van der Waals surface area contributed by atoms with Crippen molar-refractivity contribution in [3.8, 4) is 0 Å². The average molecular weight is 420 g/mol. The molecule has 0 aliphatic carbocycles. The van der Waals surface area contributed by atoms with Gasteiger partial charge in [0.2, 0.25) is 10.0 Å². The number of anilines is 1. The fourth-order valence-electron chi connectivity index (χ4n) is 3.91. The van der Waals surface area contributed by atoms with Crippen LogP contribution in [0.25, 0.3) is 0 Å². The Labute approximate surface area is 172 Å². The molecule has 0 spiro atoms. The summed E-state index contributed by atoms with van der Waals surface area (Å²) in [6.45, 7) is 10.8. The van der Waals surface area contributed by atoms with E-state index in [0.29, 0.717) is 47.6 Å². The number of hydrogen-bond acceptors (Lipinski definition) is 5. The second kappa shape index (κ2) is 8.28. The first-order valence-corrected chi connectivity index (χ1v) is 11.4. The number of nitrogens with zero attached hydrogens (tertiary/aromatic N) is 2. The molecule has 3 rings (SSSR count). The van der Waals surface area contributed by atoms with Gasteiger partial charge in [-0.05, 0) is 49.4 Å². The van der Waals surface area contributed by atoms with Crippen LogP contribution in [0.2, 0.25) is 0 Å². The lowest BCUT2D eigenvalue weighted by atomic mass is 9.94. The molecule has 0 unspecified atom stereocenters. The lowest BCUT2D eigenvalue weighted by molar-refractivity contribution is 0.102. The summed E-state index contributed by atoms with van der Waals surface area (Å²) < 4.78 is 32.8. The largest absolute Gasteiger partial charge is 0.360 e. The summed E-state index contributed by atoms with van der Waals surface area (Å²) in [5.41, 5.74) is 1.47. The predicted molar refractivity (Wildman–Crippen MR) is 111 cm³/mol. The van der Waals surface area contributed by atoms with Gasteiger partial charge in [-0.2, -0.15) is 4.31 Å². The zero-order chi connectivity index (χ0) is 21.3. The zero-order valence-electron chi connectivity index (χ0n) is 17.6. The number of carbonyl (C=O) groups excluding carboxylic acids is 1. The van der Waals surface area contributed by atoms with Crippen molar-refractivity contribution in [1.29, 1.82) is 0 Å². The van der Waals surface area contributed by atoms with Crippen LogP contribution in [0, 0.1) is 18.8 Å². The monoisotopic (exact) mass is 419 g/mol. The van der Waals surface area contributed by atoms with Crippen molar-refractivity contribution < 1.29 is 17.7 Å². The van der Waals surface area contributed by atoms with Gasteiger partial charge in [-0.3, -0.25) is 4.79 Å². The summed E-state index contributed by atoms with van der Waals surface area (Å²) >= 11 is 0. The number of carbonyl (C=O) groups is 1. The van der Waals surface area contributed by atoms with Gasteiger partial charge in [-0.1, -0.05) is 32.9 Å². The maximum Gasteiger partial charge on any atom is 0.261 e. The van der Waals surface area contributed by atoms with Gasteiger partial charge in [-0.15, -0.1) is 0 Å². The van der Waals surface area contributed by atoms with E-state index in [1.165, 1.54) is 0 Å². The molecule has 2 atom stereocenters. The van der Waals surface area contributed by atoms with E-state index in [1.807, 2.05) is 13.8 Å². The first-order valence-electron chi connectivity index (χ1n) is 9.97. The number of aromatic nitrogens is 1. The molecule has 1 amide bonds. The number of sulfonamides is 1. The third-order valence-corrected chi connectivity index (χ3v) is 7.07. The quantitative estimate of drug-likeness (QED) is 0.790. The lowest BCUT2D eigenvalue weighted by Crippen LogP contribution is -2.42. The van der Waals surface area contributed by atoms with Crippen molar-refractivity contribution in [3.63, 3.8) is 0 Å². The Morgan fingerprint density at radius 1 is 1.17 bits per heavy atom. The van der Waals surface area contributed by atoms with E-state index in [0.717, 1.165) is 6.42 Å². The number of benzene rings is 1. The van der Waals surface area contributed by atoms with Crippen LogP contribution in [-0.2, 0) is 10.0 Å². The molecule has 2 heterocycles. The van der Waals surface area contributed by atoms with Crippen molar-refractivity contribution in [2.45, 2.75) is 51.9 Å². The number of amides is 1. The Morgan fingerprint density at radius 2 is 1.76 bits per heavy atom. The maximum absolute atomic E-state index is 13.0. The fourth-order valence-corrected chi connectivity index (χ4v) is 5.59. The number of nitrogens with one attached hydrogen (secondary N) is 1. The first kappa shape index (κ1) is 21.5. The Bertz CT molecular complexity index is 970. The molecule has 158 valence electrons. The third kappa shape index (κ3) is 4.53. The molecular weight excluding hydrogens is 390 g/mol. The van der Waals surface area contributed by atoms with Crippen molar-refractivity contribution in [1.82, 2.24) is 9.46 Å². The molecule has 7 nitrogen and oxygen atoms in total. The smallest absolute Gasteiger partial charge is 0.261 e. The van der Waals surface area contributed by atoms with Gasteiger partial charge in [0.05, 0.1) is 10.6 Å². The fraction of sp³-hybridized carbons (Fsp3) is 0.524. The molecule has 0 radical (unpaired) electrons. The van der Waals surface area contributed by atoms with E-state index in [9.17, 15) is 13.2 Å². The normalized spacial score (nSPS) is 20.8. The van der Waals surface area contributed by atoms with E-state index >= 15 is 0 Å². The van der Waals surface area contributed by atoms with Crippen LogP contribution in [0.3, 0.4) is 0 Å². The van der Waals surface area contributed by atoms with Gasteiger partial charge in [0, 0.05) is 24.7 Å². The van der Waals surface area contributed by atoms with Crippen LogP contribution in [0.1, 0.15) is 61.8 Å². The van der Waals surface area contributed by atoms with E-state index < -0.39 is 10.0 Å². The van der Waals surface area contributed by atoms with Crippen LogP contribution in [0.15, 0.2) is 33.7 Å². The minimum atomic E-state index is -3.55. The van der Waals surface area contributed by atoms with Gasteiger partial charge < -0.3 is 9.84 Å². The zero-order valence-corrected chi connectivity index (χ0v) is 18.4. The molecule has 1 saturated heterocycles. The van der Waals surface area contributed by atoms with Crippen molar-refractivity contribution in [3.05, 3.63) is 41.3 Å². The maximum atomic E-state index is 13.0. The highest BCUT2D eigenvalue weighted by molar-refractivity contribution is 7.89. The van der Waals surface area contributed by atoms with Gasteiger partial charge in [0.25, 0.3) is 5.91 Å². The number of rotatable bonds is 5. The minimum absolute atomic E-state index is 0.0267. The van der Waals surface area contributed by atoms with Crippen LogP contribution < -0.4 is 5.32 Å². The van der Waals surface area contributed by atoms with Crippen molar-refractivity contribution >= 4 is 21.6 Å². The number of aryl methyl sites for hydroxylation is 1. The second-order valence-electron chi connectivity index (χ2n) is 8.41. The van der Waals surface area contributed by atoms with E-state index in [4.69, 9.17) is 4.52 Å². The first-order chi connectivity index (χ1) is 13.6. The molecule has 2 aromatic rings. The number of hydrogen-bond donors (Lipinski definition) is 1. The predicted octanol–water partition coefficient (Wildman–Crippen LogP) is 4.03. The van der Waals surface area contributed by atoms with Crippen LogP contribution in [-0.4, -0.2) is 36.9 Å². The summed E-state index contributed by atoms with van der Waals surface area (Å²) in [5.74, 6) is 0.927. The number of piperidine rings is 1. The highest BCUT2D eigenvalue weighted by atomic mass is 32.2. The summed E-state index contributed by atoms with van der Waals surface area (Å²) in [7, 11) is -3.55. The lowest BCUT2D eigenvalue weighted by Gasteiger charge is -2.34. The third-order valence-electron chi connectivity index (χ3n) is 5.23. The summed E-state index contributed by atoms with van der Waals surface area (Å²) in [4.78, 5) is 12.9. The van der Waals surface area contributed by atoms with E-state index in [-0.39, 0.29) is 16.7 Å². The van der Waals surface area contributed by atoms with Gasteiger partial charge in [0.1, 0.15) is 5.56 Å². The minimum Gasteiger partial charge on any atom is -0.360 e. The Hall–Kier alpha value is -2.19. The molecule has 1 aliphatic rings. The molecule has 1 aromatic heterocycles. The standard InChI is InChI=1S/C21H29N3O4S/c1-13(2)20-19(16(5)23-28-20)21(25)22-17-6-8-18(9-7-17)29(26,27)24-11-14(3)10-15(4)12-24/h6-9,13-15H,10-12H2,1-5H3,(H,22,25)/t14-,15-/m0/s1. The summed E-state index contributed by atoms with van der Waals surface area (Å²) in [6.07, 6.45) is 1.04. The van der Waals surface area contributed by atoms with Crippen LogP contribution in [0.5, 0.6) is 0 Å². The van der Waals surface area contributed by atoms with Gasteiger partial charge >= 0.3 is 0 Å². The van der Waals surface area contributed by atoms with Crippen molar-refractivity contribution in [2.75, 3.05) is 18.4 Å².